The number of pyridine rings is 1. The highest BCUT2D eigenvalue weighted by molar-refractivity contribution is 6.31. The minimum Gasteiger partial charge on any atom is -0.371 e. The molecule has 1 unspecified atom stereocenters. The summed E-state index contributed by atoms with van der Waals surface area (Å²) in [5.74, 6) is 0.717. The van der Waals surface area contributed by atoms with E-state index in [1.54, 1.807) is 6.20 Å². The van der Waals surface area contributed by atoms with E-state index in [9.17, 15) is 0 Å². The molecule has 0 radical (unpaired) electrons. The van der Waals surface area contributed by atoms with Crippen molar-refractivity contribution in [3.8, 4) is 0 Å². The monoisotopic (exact) mass is 517 g/mol. The molecule has 0 saturated carbocycles. The minimum absolute atomic E-state index is 0.274. The van der Waals surface area contributed by atoms with Gasteiger partial charge in [-0.3, -0.25) is 4.98 Å². The third-order valence-corrected chi connectivity index (χ3v) is 6.26. The van der Waals surface area contributed by atoms with Gasteiger partial charge in [0.25, 0.3) is 0 Å². The summed E-state index contributed by atoms with van der Waals surface area (Å²) in [5.41, 5.74) is 4.40. The van der Waals surface area contributed by atoms with E-state index in [4.69, 9.17) is 23.2 Å². The van der Waals surface area contributed by atoms with Crippen LogP contribution < -0.4 is 10.6 Å². The third kappa shape index (κ3) is 5.12. The Morgan fingerprint density at radius 1 is 0.833 bits per heavy atom. The maximum absolute atomic E-state index is 6.15. The number of fused-ring (bicyclic) bond motifs is 1. The average Bonchev–Trinajstić information content (AvgIpc) is 3.35. The molecule has 0 bridgehead atoms. The molecule has 7 nitrogen and oxygen atoms in total. The molecule has 0 aliphatic carbocycles. The summed E-state index contributed by atoms with van der Waals surface area (Å²) in [6.45, 7) is 6.22. The predicted octanol–water partition coefficient (Wildman–Crippen LogP) is 7.23. The molecule has 9 heteroatoms. The Bertz CT molecular complexity index is 1490. The Morgan fingerprint density at radius 3 is 2.25 bits per heavy atom. The summed E-state index contributed by atoms with van der Waals surface area (Å²) in [5, 5.41) is 22.0. The van der Waals surface area contributed by atoms with Crippen molar-refractivity contribution in [1.29, 1.82) is 0 Å². The lowest BCUT2D eigenvalue weighted by molar-refractivity contribution is 0.333. The van der Waals surface area contributed by atoms with Gasteiger partial charge in [0.1, 0.15) is 6.04 Å². The van der Waals surface area contributed by atoms with E-state index in [1.807, 2.05) is 77.5 Å². The van der Waals surface area contributed by atoms with Crippen molar-refractivity contribution in [3.05, 3.63) is 100 Å². The number of benzene rings is 3. The van der Waals surface area contributed by atoms with Gasteiger partial charge in [0.2, 0.25) is 0 Å². The average molecular weight is 518 g/mol. The van der Waals surface area contributed by atoms with Crippen molar-refractivity contribution < 1.29 is 0 Å². The molecule has 0 saturated heterocycles. The largest absolute Gasteiger partial charge is 0.371 e. The molecule has 36 heavy (non-hydrogen) atoms. The highest BCUT2D eigenvalue weighted by Crippen LogP contribution is 2.31. The Hall–Kier alpha value is -3.68. The number of halogens is 2. The van der Waals surface area contributed by atoms with Crippen molar-refractivity contribution in [2.45, 2.75) is 32.4 Å². The van der Waals surface area contributed by atoms with Crippen molar-refractivity contribution in [1.82, 2.24) is 25.2 Å². The van der Waals surface area contributed by atoms with Crippen LogP contribution in [0.2, 0.25) is 10.0 Å². The maximum atomic E-state index is 6.15. The standard InChI is InChI=1S/C27H25Cl2N7/c1-27(2,3)36-26(33-34-35-36)25(17-4-6-18(28)7-5-17)32-21-11-9-20(10-12-21)31-23-14-15-30-24-16-19(29)8-13-22(23)24/h4-16,25,32H,1-3H3,(H,30,31). The second kappa shape index (κ2) is 9.76. The normalized spacial score (nSPS) is 12.5. The molecule has 5 rings (SSSR count). The molecule has 0 fully saturated rings. The third-order valence-electron chi connectivity index (χ3n) is 5.77. The van der Waals surface area contributed by atoms with Gasteiger partial charge >= 0.3 is 0 Å². The molecular formula is C27H25Cl2N7. The van der Waals surface area contributed by atoms with E-state index in [0.29, 0.717) is 15.9 Å². The van der Waals surface area contributed by atoms with Crippen LogP contribution in [0.25, 0.3) is 10.9 Å². The molecular weight excluding hydrogens is 493 g/mol. The zero-order chi connectivity index (χ0) is 25.3. The second-order valence-electron chi connectivity index (χ2n) is 9.47. The summed E-state index contributed by atoms with van der Waals surface area (Å²) in [4.78, 5) is 4.41. The lowest BCUT2D eigenvalue weighted by Crippen LogP contribution is -2.29. The lowest BCUT2D eigenvalue weighted by atomic mass is 10.0. The van der Waals surface area contributed by atoms with Gasteiger partial charge in [-0.1, -0.05) is 35.3 Å². The molecule has 2 N–H and O–H groups in total. The molecule has 0 amide bonds. The Kier molecular flexibility index (Phi) is 6.51. The number of rotatable bonds is 6. The number of hydrogen-bond acceptors (Lipinski definition) is 6. The lowest BCUT2D eigenvalue weighted by Gasteiger charge is -2.25. The van der Waals surface area contributed by atoms with Gasteiger partial charge in [0, 0.05) is 38.7 Å². The molecule has 3 aromatic carbocycles. The van der Waals surface area contributed by atoms with Gasteiger partial charge in [-0.15, -0.1) is 5.10 Å². The summed E-state index contributed by atoms with van der Waals surface area (Å²) in [6.07, 6.45) is 1.77. The highest BCUT2D eigenvalue weighted by Gasteiger charge is 2.27. The molecule has 0 spiro atoms. The van der Waals surface area contributed by atoms with Crippen LogP contribution in [0.4, 0.5) is 17.1 Å². The SMILES string of the molecule is CC(C)(C)n1nnnc1C(Nc1ccc(Nc2ccnc3cc(Cl)ccc23)cc1)c1ccc(Cl)cc1. The number of tetrazole rings is 1. The van der Waals surface area contributed by atoms with Crippen LogP contribution in [-0.4, -0.2) is 25.2 Å². The number of nitrogens with zero attached hydrogens (tertiary/aromatic N) is 5. The van der Waals surface area contributed by atoms with Crippen LogP contribution >= 0.6 is 23.2 Å². The van der Waals surface area contributed by atoms with Crippen molar-refractivity contribution >= 4 is 51.2 Å². The van der Waals surface area contributed by atoms with Gasteiger partial charge in [-0.05, 0) is 97.4 Å². The summed E-state index contributed by atoms with van der Waals surface area (Å²) >= 11 is 12.3. The van der Waals surface area contributed by atoms with Crippen molar-refractivity contribution in [2.75, 3.05) is 10.6 Å². The Labute approximate surface area is 219 Å². The van der Waals surface area contributed by atoms with Gasteiger partial charge < -0.3 is 10.6 Å². The molecule has 2 heterocycles. The smallest absolute Gasteiger partial charge is 0.178 e. The van der Waals surface area contributed by atoms with Gasteiger partial charge in [-0.2, -0.15) is 0 Å². The molecule has 0 aliphatic rings. The van der Waals surface area contributed by atoms with E-state index in [-0.39, 0.29) is 11.6 Å². The molecule has 5 aromatic rings. The second-order valence-corrected chi connectivity index (χ2v) is 10.3. The van der Waals surface area contributed by atoms with Crippen molar-refractivity contribution in [3.63, 3.8) is 0 Å². The van der Waals surface area contributed by atoms with Crippen LogP contribution in [0.15, 0.2) is 79.0 Å². The first-order valence-corrected chi connectivity index (χ1v) is 12.3. The first-order chi connectivity index (χ1) is 17.3. The highest BCUT2D eigenvalue weighted by atomic mass is 35.5. The first kappa shape index (κ1) is 24.0. The fraction of sp³-hybridized carbons (Fsp3) is 0.185. The Morgan fingerprint density at radius 2 is 1.53 bits per heavy atom. The minimum atomic E-state index is -0.281. The fourth-order valence-electron chi connectivity index (χ4n) is 4.01. The quantitative estimate of drug-likeness (QED) is 0.247. The van der Waals surface area contributed by atoms with E-state index in [1.165, 1.54) is 0 Å². The van der Waals surface area contributed by atoms with Crippen LogP contribution in [0.5, 0.6) is 0 Å². The first-order valence-electron chi connectivity index (χ1n) is 11.5. The van der Waals surface area contributed by atoms with Crippen LogP contribution in [0, 0.1) is 0 Å². The van der Waals surface area contributed by atoms with E-state index < -0.39 is 0 Å². The predicted molar refractivity (Wildman–Crippen MR) is 146 cm³/mol. The van der Waals surface area contributed by atoms with Gasteiger partial charge in [0.05, 0.1) is 11.1 Å². The van der Waals surface area contributed by atoms with Crippen LogP contribution in [0.3, 0.4) is 0 Å². The molecule has 2 aromatic heterocycles. The number of nitrogens with one attached hydrogen (secondary N) is 2. The van der Waals surface area contributed by atoms with Gasteiger partial charge in [0.15, 0.2) is 5.82 Å². The van der Waals surface area contributed by atoms with Crippen LogP contribution in [-0.2, 0) is 5.54 Å². The summed E-state index contributed by atoms with van der Waals surface area (Å²) < 4.78 is 1.84. The molecule has 1 atom stereocenters. The maximum Gasteiger partial charge on any atom is 0.178 e. The van der Waals surface area contributed by atoms with E-state index in [0.717, 1.165) is 33.5 Å². The number of aromatic nitrogens is 5. The molecule has 0 aliphatic heterocycles. The summed E-state index contributed by atoms with van der Waals surface area (Å²) in [6, 6.07) is 23.2. The van der Waals surface area contributed by atoms with Gasteiger partial charge in [-0.25, -0.2) is 4.68 Å². The molecule has 182 valence electrons. The summed E-state index contributed by atoms with van der Waals surface area (Å²) in [7, 11) is 0. The zero-order valence-electron chi connectivity index (χ0n) is 20.1. The van der Waals surface area contributed by atoms with Crippen LogP contribution in [0.1, 0.15) is 38.2 Å². The zero-order valence-corrected chi connectivity index (χ0v) is 21.6. The number of hydrogen-bond donors (Lipinski definition) is 2. The van der Waals surface area contributed by atoms with Crippen molar-refractivity contribution in [2.24, 2.45) is 0 Å². The van der Waals surface area contributed by atoms with E-state index >= 15 is 0 Å². The fourth-order valence-corrected chi connectivity index (χ4v) is 4.30. The van der Waals surface area contributed by atoms with E-state index in [2.05, 4.69) is 51.9 Å². The topological polar surface area (TPSA) is 80.5 Å². The Balaban J connectivity index is 1.43. The number of anilines is 3.